The van der Waals surface area contributed by atoms with Crippen molar-refractivity contribution in [3.8, 4) is 0 Å². The van der Waals surface area contributed by atoms with E-state index in [1.165, 1.54) is 24.3 Å². The van der Waals surface area contributed by atoms with E-state index in [9.17, 15) is 19.2 Å². The average Bonchev–Trinajstić information content (AvgIpc) is 3.08. The highest BCUT2D eigenvalue weighted by atomic mass is 35.5. The lowest BCUT2D eigenvalue weighted by atomic mass is 10.1. The molecule has 35 heavy (non-hydrogen) atoms. The third-order valence-electron chi connectivity index (χ3n) is 5.09. The van der Waals surface area contributed by atoms with Crippen LogP contribution >= 0.6 is 11.6 Å². The molecule has 9 heteroatoms. The number of esters is 1. The van der Waals surface area contributed by atoms with Crippen molar-refractivity contribution in [3.05, 3.63) is 101 Å². The zero-order chi connectivity index (χ0) is 24.9. The molecule has 4 rings (SSSR count). The van der Waals surface area contributed by atoms with Crippen molar-refractivity contribution in [2.75, 3.05) is 22.1 Å². The molecular weight excluding hydrogens is 470 g/mol. The molecule has 2 N–H and O–H groups in total. The lowest BCUT2D eigenvalue weighted by molar-refractivity contribution is -0.120. The fourth-order valence-corrected chi connectivity index (χ4v) is 3.63. The summed E-state index contributed by atoms with van der Waals surface area (Å²) >= 11 is 6.20. The molecule has 0 saturated heterocycles. The first-order valence-corrected chi connectivity index (χ1v) is 11.1. The Morgan fingerprint density at radius 1 is 0.857 bits per heavy atom. The van der Waals surface area contributed by atoms with Gasteiger partial charge in [0.15, 0.2) is 0 Å². The molecule has 0 aliphatic carbocycles. The van der Waals surface area contributed by atoms with E-state index >= 15 is 0 Å². The van der Waals surface area contributed by atoms with Crippen molar-refractivity contribution in [2.45, 2.75) is 6.92 Å². The Morgan fingerprint density at radius 3 is 2.23 bits per heavy atom. The third-order valence-corrected chi connectivity index (χ3v) is 5.44. The number of nitrogens with zero attached hydrogens (tertiary/aromatic N) is 1. The van der Waals surface area contributed by atoms with E-state index in [1.807, 2.05) is 6.07 Å². The largest absolute Gasteiger partial charge is 0.462 e. The Balaban J connectivity index is 1.51. The number of carbonyl (C=O) groups is 4. The molecule has 1 aliphatic rings. The molecule has 8 nitrogen and oxygen atoms in total. The zero-order valence-electron chi connectivity index (χ0n) is 18.6. The number of hydrogen-bond acceptors (Lipinski definition) is 6. The molecule has 0 fully saturated rings. The number of rotatable bonds is 7. The predicted molar refractivity (Wildman–Crippen MR) is 132 cm³/mol. The number of amides is 3. The van der Waals surface area contributed by atoms with Crippen LogP contribution in [0.5, 0.6) is 0 Å². The Kier molecular flexibility index (Phi) is 6.93. The van der Waals surface area contributed by atoms with Crippen LogP contribution in [0, 0.1) is 0 Å². The molecule has 0 saturated carbocycles. The summed E-state index contributed by atoms with van der Waals surface area (Å²) in [6.07, 6.45) is 0. The minimum Gasteiger partial charge on any atom is -0.462 e. The molecule has 3 aromatic rings. The van der Waals surface area contributed by atoms with Crippen molar-refractivity contribution in [2.24, 2.45) is 0 Å². The normalized spacial score (nSPS) is 13.1. The van der Waals surface area contributed by atoms with Gasteiger partial charge in [-0.05, 0) is 61.5 Å². The number of halogens is 1. The number of nitrogens with one attached hydrogen (secondary N) is 2. The van der Waals surface area contributed by atoms with E-state index in [4.69, 9.17) is 16.3 Å². The van der Waals surface area contributed by atoms with Gasteiger partial charge in [-0.1, -0.05) is 35.9 Å². The minimum absolute atomic E-state index is 0.119. The number of carbonyl (C=O) groups excluding carboxylic acids is 4. The summed E-state index contributed by atoms with van der Waals surface area (Å²) in [5.74, 6) is -2.21. The molecular formula is C26H20ClN3O5. The second kappa shape index (κ2) is 10.2. The summed E-state index contributed by atoms with van der Waals surface area (Å²) in [4.78, 5) is 51.1. The molecule has 0 atom stereocenters. The van der Waals surface area contributed by atoms with Gasteiger partial charge in [0.2, 0.25) is 0 Å². The SMILES string of the molecule is CCOC(=O)c1ccc(N2C(=O)C(Cl)=C(Nc3cccc(C(=O)Nc4ccccc4)c3)C2=O)cc1. The summed E-state index contributed by atoms with van der Waals surface area (Å²) < 4.78 is 4.94. The maximum absolute atomic E-state index is 13.0. The first-order chi connectivity index (χ1) is 16.9. The lowest BCUT2D eigenvalue weighted by Crippen LogP contribution is -2.32. The lowest BCUT2D eigenvalue weighted by Gasteiger charge is -2.15. The van der Waals surface area contributed by atoms with Gasteiger partial charge in [0, 0.05) is 16.9 Å². The molecule has 0 radical (unpaired) electrons. The maximum atomic E-state index is 13.0. The van der Waals surface area contributed by atoms with E-state index in [0.717, 1.165) is 4.90 Å². The van der Waals surface area contributed by atoms with Gasteiger partial charge in [0.1, 0.15) is 10.7 Å². The summed E-state index contributed by atoms with van der Waals surface area (Å²) in [6.45, 7) is 1.93. The van der Waals surface area contributed by atoms with Gasteiger partial charge >= 0.3 is 5.97 Å². The van der Waals surface area contributed by atoms with Crippen LogP contribution in [0.3, 0.4) is 0 Å². The molecule has 0 unspecified atom stereocenters. The van der Waals surface area contributed by atoms with Crippen LogP contribution in [0.25, 0.3) is 0 Å². The number of imide groups is 1. The van der Waals surface area contributed by atoms with E-state index < -0.39 is 17.8 Å². The van der Waals surface area contributed by atoms with Gasteiger partial charge in [-0.2, -0.15) is 0 Å². The number of para-hydroxylation sites is 1. The predicted octanol–water partition coefficient (Wildman–Crippen LogP) is 4.55. The van der Waals surface area contributed by atoms with E-state index in [-0.39, 0.29) is 34.5 Å². The van der Waals surface area contributed by atoms with E-state index in [0.29, 0.717) is 16.9 Å². The van der Waals surface area contributed by atoms with Gasteiger partial charge in [-0.25, -0.2) is 9.69 Å². The second-order valence-corrected chi connectivity index (χ2v) is 7.81. The Labute approximate surface area is 206 Å². The fourth-order valence-electron chi connectivity index (χ4n) is 3.41. The molecule has 0 bridgehead atoms. The van der Waals surface area contributed by atoms with Crippen LogP contribution < -0.4 is 15.5 Å². The molecule has 1 aliphatic heterocycles. The van der Waals surface area contributed by atoms with Gasteiger partial charge in [0.05, 0.1) is 17.9 Å². The van der Waals surface area contributed by atoms with Gasteiger partial charge in [-0.3, -0.25) is 14.4 Å². The quantitative estimate of drug-likeness (QED) is 0.372. The number of ether oxygens (including phenoxy) is 1. The molecule has 3 aromatic carbocycles. The van der Waals surface area contributed by atoms with E-state index in [2.05, 4.69) is 10.6 Å². The highest BCUT2D eigenvalue weighted by Gasteiger charge is 2.39. The first kappa shape index (κ1) is 23.7. The Morgan fingerprint density at radius 2 is 1.54 bits per heavy atom. The molecule has 1 heterocycles. The molecule has 176 valence electrons. The molecule has 0 spiro atoms. The molecule has 0 aromatic heterocycles. The van der Waals surface area contributed by atoms with Crippen LogP contribution in [-0.4, -0.2) is 30.3 Å². The van der Waals surface area contributed by atoms with Crippen molar-refractivity contribution in [1.82, 2.24) is 0 Å². The summed E-state index contributed by atoms with van der Waals surface area (Å²) in [7, 11) is 0. The topological polar surface area (TPSA) is 105 Å². The van der Waals surface area contributed by atoms with E-state index in [1.54, 1.807) is 55.5 Å². The van der Waals surface area contributed by atoms with Crippen LogP contribution in [0.15, 0.2) is 89.6 Å². The Hall–Kier alpha value is -4.43. The minimum atomic E-state index is -0.707. The smallest absolute Gasteiger partial charge is 0.338 e. The maximum Gasteiger partial charge on any atom is 0.338 e. The number of anilines is 3. The molecule has 3 amide bonds. The number of hydrogen-bond donors (Lipinski definition) is 2. The van der Waals surface area contributed by atoms with Crippen LogP contribution in [0.1, 0.15) is 27.6 Å². The first-order valence-electron chi connectivity index (χ1n) is 10.7. The fraction of sp³-hybridized carbons (Fsp3) is 0.0769. The third kappa shape index (κ3) is 5.07. The van der Waals surface area contributed by atoms with Crippen LogP contribution in [-0.2, 0) is 14.3 Å². The van der Waals surface area contributed by atoms with Crippen molar-refractivity contribution in [3.63, 3.8) is 0 Å². The van der Waals surface area contributed by atoms with Crippen molar-refractivity contribution in [1.29, 1.82) is 0 Å². The van der Waals surface area contributed by atoms with Crippen LogP contribution in [0.4, 0.5) is 17.1 Å². The standard InChI is InChI=1S/C26H20ClN3O5/c1-2-35-26(34)16-11-13-20(14-12-16)30-24(32)21(27)22(25(30)33)28-19-10-6-7-17(15-19)23(31)29-18-8-4-3-5-9-18/h3-15,28H,2H2,1H3,(H,29,31). The monoisotopic (exact) mass is 489 g/mol. The van der Waals surface area contributed by atoms with Crippen LogP contribution in [0.2, 0.25) is 0 Å². The highest BCUT2D eigenvalue weighted by Crippen LogP contribution is 2.30. The van der Waals surface area contributed by atoms with Crippen molar-refractivity contribution >= 4 is 52.4 Å². The Bertz CT molecular complexity index is 1340. The average molecular weight is 490 g/mol. The van der Waals surface area contributed by atoms with Crippen molar-refractivity contribution < 1.29 is 23.9 Å². The highest BCUT2D eigenvalue weighted by molar-refractivity contribution is 6.53. The van der Waals surface area contributed by atoms with Gasteiger partial charge in [0.25, 0.3) is 17.7 Å². The summed E-state index contributed by atoms with van der Waals surface area (Å²) in [5, 5.41) is 5.35. The number of benzene rings is 3. The summed E-state index contributed by atoms with van der Waals surface area (Å²) in [5.41, 5.74) is 1.81. The summed E-state index contributed by atoms with van der Waals surface area (Å²) in [6, 6.07) is 21.3. The van der Waals surface area contributed by atoms with Gasteiger partial charge in [-0.15, -0.1) is 0 Å². The second-order valence-electron chi connectivity index (χ2n) is 7.43. The van der Waals surface area contributed by atoms with Gasteiger partial charge < -0.3 is 15.4 Å². The zero-order valence-corrected chi connectivity index (χ0v) is 19.3.